The van der Waals surface area contributed by atoms with Crippen LogP contribution in [0.3, 0.4) is 0 Å². The fraction of sp³-hybridized carbons (Fsp3) is 0.588. The van der Waals surface area contributed by atoms with Crippen LogP contribution in [0, 0.1) is 19.8 Å². The molecule has 1 aromatic carbocycles. The van der Waals surface area contributed by atoms with Crippen LogP contribution in [0.2, 0.25) is 0 Å². The molecule has 2 aliphatic rings. The average Bonchev–Trinajstić information content (AvgIpc) is 3.04. The molecular weight excluding hydrogens is 333 g/mol. The molecule has 2 heterocycles. The van der Waals surface area contributed by atoms with Crippen molar-refractivity contribution in [2.45, 2.75) is 20.3 Å². The molecule has 1 N–H and O–H groups in total. The van der Waals surface area contributed by atoms with Crippen molar-refractivity contribution in [1.29, 1.82) is 0 Å². The van der Waals surface area contributed by atoms with Gasteiger partial charge in [-0.1, -0.05) is 12.1 Å². The van der Waals surface area contributed by atoms with Crippen LogP contribution in [-0.4, -0.2) is 50.1 Å². The van der Waals surface area contributed by atoms with Crippen LogP contribution in [0.25, 0.3) is 0 Å². The molecule has 2 fully saturated rings. The highest BCUT2D eigenvalue weighted by molar-refractivity contribution is 5.85. The first-order chi connectivity index (χ1) is 10.2. The lowest BCUT2D eigenvalue weighted by Crippen LogP contribution is -2.50. The van der Waals surface area contributed by atoms with Crippen molar-refractivity contribution in [3.05, 3.63) is 29.3 Å². The Kier molecular flexibility index (Phi) is 7.65. The summed E-state index contributed by atoms with van der Waals surface area (Å²) in [5.74, 6) is 0.554. The molecule has 2 aliphatic heterocycles. The number of carbonyl (C=O) groups excluding carboxylic acids is 1. The lowest BCUT2D eigenvalue weighted by molar-refractivity contribution is -0.135. The zero-order chi connectivity index (χ0) is 14.8. The Labute approximate surface area is 151 Å². The van der Waals surface area contributed by atoms with Crippen LogP contribution >= 0.6 is 24.8 Å². The largest absolute Gasteiger partial charge is 0.368 e. The van der Waals surface area contributed by atoms with E-state index in [0.717, 1.165) is 45.7 Å². The first kappa shape index (κ1) is 20.1. The molecule has 3 rings (SSSR count). The number of aryl methyl sites for hydroxylation is 1. The molecule has 6 heteroatoms. The summed E-state index contributed by atoms with van der Waals surface area (Å²) in [5.41, 5.74) is 4.02. The highest BCUT2D eigenvalue weighted by Crippen LogP contribution is 2.24. The van der Waals surface area contributed by atoms with E-state index in [1.54, 1.807) is 0 Å². The molecule has 1 atom stereocenters. The first-order valence-corrected chi connectivity index (χ1v) is 7.97. The van der Waals surface area contributed by atoms with Crippen LogP contribution < -0.4 is 10.2 Å². The third kappa shape index (κ3) is 4.31. The second-order valence-corrected chi connectivity index (χ2v) is 6.22. The Hall–Kier alpha value is -0.970. The van der Waals surface area contributed by atoms with Gasteiger partial charge in [-0.3, -0.25) is 4.79 Å². The van der Waals surface area contributed by atoms with E-state index >= 15 is 0 Å². The molecule has 2 saturated heterocycles. The predicted molar refractivity (Wildman–Crippen MR) is 100 cm³/mol. The van der Waals surface area contributed by atoms with E-state index in [1.807, 2.05) is 0 Å². The van der Waals surface area contributed by atoms with E-state index in [-0.39, 0.29) is 30.7 Å². The number of nitrogens with one attached hydrogen (secondary N) is 1. The summed E-state index contributed by atoms with van der Waals surface area (Å²) >= 11 is 0. The summed E-state index contributed by atoms with van der Waals surface area (Å²) in [6.45, 7) is 9.77. The van der Waals surface area contributed by atoms with Gasteiger partial charge in [-0.15, -0.1) is 24.8 Å². The minimum Gasteiger partial charge on any atom is -0.368 e. The predicted octanol–water partition coefficient (Wildman–Crippen LogP) is 2.41. The van der Waals surface area contributed by atoms with Crippen LogP contribution in [0.4, 0.5) is 5.69 Å². The molecule has 130 valence electrons. The number of nitrogens with zero attached hydrogens (tertiary/aromatic N) is 2. The molecule has 0 saturated carbocycles. The SMILES string of the molecule is Cc1cccc(N2CCN(C(=O)C3CCNC3)CC2)c1C.Cl.Cl. The normalized spacial score (nSPS) is 20.7. The van der Waals surface area contributed by atoms with Gasteiger partial charge in [-0.05, 0) is 44.0 Å². The lowest BCUT2D eigenvalue weighted by Gasteiger charge is -2.38. The molecule has 0 aromatic heterocycles. The van der Waals surface area contributed by atoms with Crippen molar-refractivity contribution in [2.24, 2.45) is 5.92 Å². The van der Waals surface area contributed by atoms with Gasteiger partial charge in [0.15, 0.2) is 0 Å². The van der Waals surface area contributed by atoms with Gasteiger partial charge in [0.2, 0.25) is 5.91 Å². The number of hydrogen-bond acceptors (Lipinski definition) is 3. The number of benzene rings is 1. The Balaban J connectivity index is 0.00000132. The van der Waals surface area contributed by atoms with Gasteiger partial charge < -0.3 is 15.1 Å². The van der Waals surface area contributed by atoms with Crippen LogP contribution in [-0.2, 0) is 4.79 Å². The maximum atomic E-state index is 12.4. The zero-order valence-electron chi connectivity index (χ0n) is 13.9. The van der Waals surface area contributed by atoms with Crippen molar-refractivity contribution in [2.75, 3.05) is 44.2 Å². The summed E-state index contributed by atoms with van der Waals surface area (Å²) in [6, 6.07) is 6.48. The summed E-state index contributed by atoms with van der Waals surface area (Å²) in [6.07, 6.45) is 0.996. The van der Waals surface area contributed by atoms with Gasteiger partial charge in [0.25, 0.3) is 0 Å². The van der Waals surface area contributed by atoms with E-state index in [4.69, 9.17) is 0 Å². The smallest absolute Gasteiger partial charge is 0.227 e. The molecule has 23 heavy (non-hydrogen) atoms. The lowest BCUT2D eigenvalue weighted by atomic mass is 10.1. The van der Waals surface area contributed by atoms with E-state index in [1.165, 1.54) is 16.8 Å². The number of hydrogen-bond donors (Lipinski definition) is 1. The van der Waals surface area contributed by atoms with Crippen LogP contribution in [0.5, 0.6) is 0 Å². The standard InChI is InChI=1S/C17H25N3O.2ClH/c1-13-4-3-5-16(14(13)2)19-8-10-20(11-9-19)17(21)15-6-7-18-12-15;;/h3-5,15,18H,6-12H2,1-2H3;2*1H. The maximum absolute atomic E-state index is 12.4. The number of amides is 1. The second-order valence-electron chi connectivity index (χ2n) is 6.22. The zero-order valence-corrected chi connectivity index (χ0v) is 15.5. The topological polar surface area (TPSA) is 35.6 Å². The highest BCUT2D eigenvalue weighted by atomic mass is 35.5. The van der Waals surface area contributed by atoms with Gasteiger partial charge in [-0.2, -0.15) is 0 Å². The van der Waals surface area contributed by atoms with Crippen LogP contribution in [0.1, 0.15) is 17.5 Å². The molecule has 4 nitrogen and oxygen atoms in total. The number of piperazine rings is 1. The number of anilines is 1. The van der Waals surface area contributed by atoms with Crippen molar-refractivity contribution in [1.82, 2.24) is 10.2 Å². The summed E-state index contributed by atoms with van der Waals surface area (Å²) in [7, 11) is 0. The molecule has 0 bridgehead atoms. The third-order valence-electron chi connectivity index (χ3n) is 4.92. The van der Waals surface area contributed by atoms with Gasteiger partial charge in [0.05, 0.1) is 5.92 Å². The van der Waals surface area contributed by atoms with E-state index in [2.05, 4.69) is 47.2 Å². The van der Waals surface area contributed by atoms with Crippen molar-refractivity contribution >= 4 is 36.4 Å². The van der Waals surface area contributed by atoms with E-state index < -0.39 is 0 Å². The third-order valence-corrected chi connectivity index (χ3v) is 4.92. The fourth-order valence-corrected chi connectivity index (χ4v) is 3.37. The molecule has 0 radical (unpaired) electrons. The average molecular weight is 360 g/mol. The van der Waals surface area contributed by atoms with Gasteiger partial charge in [0.1, 0.15) is 0 Å². The van der Waals surface area contributed by atoms with Gasteiger partial charge >= 0.3 is 0 Å². The molecule has 0 spiro atoms. The highest BCUT2D eigenvalue weighted by Gasteiger charge is 2.29. The van der Waals surface area contributed by atoms with Gasteiger partial charge in [0, 0.05) is 38.4 Å². The molecule has 0 aliphatic carbocycles. The monoisotopic (exact) mass is 359 g/mol. The van der Waals surface area contributed by atoms with E-state index in [9.17, 15) is 4.79 Å². The first-order valence-electron chi connectivity index (χ1n) is 7.97. The maximum Gasteiger partial charge on any atom is 0.227 e. The van der Waals surface area contributed by atoms with Gasteiger partial charge in [-0.25, -0.2) is 0 Å². The Morgan fingerprint density at radius 2 is 1.83 bits per heavy atom. The fourth-order valence-electron chi connectivity index (χ4n) is 3.37. The summed E-state index contributed by atoms with van der Waals surface area (Å²) in [4.78, 5) is 16.9. The molecule has 1 aromatic rings. The number of halogens is 2. The molecule has 1 amide bonds. The van der Waals surface area contributed by atoms with E-state index in [0.29, 0.717) is 5.91 Å². The number of rotatable bonds is 2. The van der Waals surface area contributed by atoms with Crippen LogP contribution in [0.15, 0.2) is 18.2 Å². The Morgan fingerprint density at radius 3 is 2.43 bits per heavy atom. The number of carbonyl (C=O) groups is 1. The van der Waals surface area contributed by atoms with Crippen molar-refractivity contribution < 1.29 is 4.79 Å². The Morgan fingerprint density at radius 1 is 1.13 bits per heavy atom. The quantitative estimate of drug-likeness (QED) is 0.880. The summed E-state index contributed by atoms with van der Waals surface area (Å²) in [5, 5.41) is 3.28. The minimum absolute atomic E-state index is 0. The molecule has 1 unspecified atom stereocenters. The summed E-state index contributed by atoms with van der Waals surface area (Å²) < 4.78 is 0. The second kappa shape index (κ2) is 8.76. The van der Waals surface area contributed by atoms with Crippen molar-refractivity contribution in [3.63, 3.8) is 0 Å². The van der Waals surface area contributed by atoms with Crippen molar-refractivity contribution in [3.8, 4) is 0 Å². The molecular formula is C17H27Cl2N3O. The minimum atomic E-state index is 0. The Bertz CT molecular complexity index is 525.